The summed E-state index contributed by atoms with van der Waals surface area (Å²) >= 11 is 1.62. The van der Waals surface area contributed by atoms with Crippen LogP contribution in [0.1, 0.15) is 6.42 Å². The van der Waals surface area contributed by atoms with Crippen molar-refractivity contribution in [1.82, 2.24) is 9.78 Å². The third-order valence-corrected chi connectivity index (χ3v) is 3.43. The fourth-order valence-corrected chi connectivity index (χ4v) is 2.40. The minimum absolute atomic E-state index is 0.00108. The molecule has 0 aliphatic carbocycles. The van der Waals surface area contributed by atoms with Crippen molar-refractivity contribution in [3.05, 3.63) is 36.7 Å². The van der Waals surface area contributed by atoms with Crippen LogP contribution in [0.5, 0.6) is 0 Å². The Hall–Kier alpha value is -1.95. The number of rotatable bonds is 5. The smallest absolute Gasteiger partial charge is 0.225 e. The lowest BCUT2D eigenvalue weighted by Crippen LogP contribution is -2.12. The molecule has 1 heterocycles. The lowest BCUT2D eigenvalue weighted by molar-refractivity contribution is -0.115. The van der Waals surface area contributed by atoms with Gasteiger partial charge in [-0.3, -0.25) is 9.48 Å². The van der Waals surface area contributed by atoms with Crippen LogP contribution >= 0.6 is 11.8 Å². The standard InChI is InChI=1S/C13H16N4OS/c1-17-9-12(8-15-17)19-7-6-13(18)16-11-4-2-10(14)3-5-11/h2-5,8-9H,6-7,14H2,1H3,(H,16,18). The molecule has 0 unspecified atom stereocenters. The van der Waals surface area contributed by atoms with E-state index in [4.69, 9.17) is 5.73 Å². The van der Waals surface area contributed by atoms with E-state index in [0.717, 1.165) is 16.3 Å². The summed E-state index contributed by atoms with van der Waals surface area (Å²) in [5, 5.41) is 6.91. The van der Waals surface area contributed by atoms with E-state index < -0.39 is 0 Å². The number of aromatic nitrogens is 2. The summed E-state index contributed by atoms with van der Waals surface area (Å²) in [6.45, 7) is 0. The summed E-state index contributed by atoms with van der Waals surface area (Å²) in [5.41, 5.74) is 7.03. The van der Waals surface area contributed by atoms with Gasteiger partial charge < -0.3 is 11.1 Å². The van der Waals surface area contributed by atoms with Gasteiger partial charge in [0.25, 0.3) is 0 Å². The molecule has 5 nitrogen and oxygen atoms in total. The summed E-state index contributed by atoms with van der Waals surface area (Å²) < 4.78 is 1.75. The number of benzene rings is 1. The van der Waals surface area contributed by atoms with E-state index in [1.54, 1.807) is 46.9 Å². The van der Waals surface area contributed by atoms with Gasteiger partial charge in [0, 0.05) is 41.7 Å². The van der Waals surface area contributed by atoms with E-state index in [1.807, 2.05) is 13.2 Å². The molecule has 19 heavy (non-hydrogen) atoms. The van der Waals surface area contributed by atoms with Crippen molar-refractivity contribution in [3.8, 4) is 0 Å². The first-order valence-electron chi connectivity index (χ1n) is 5.90. The quantitative estimate of drug-likeness (QED) is 0.648. The van der Waals surface area contributed by atoms with Crippen LogP contribution in [-0.2, 0) is 11.8 Å². The molecular weight excluding hydrogens is 260 g/mol. The Bertz CT molecular complexity index is 550. The topological polar surface area (TPSA) is 72.9 Å². The number of carbonyl (C=O) groups excluding carboxylic acids is 1. The molecular formula is C13H16N4OS. The zero-order chi connectivity index (χ0) is 13.7. The zero-order valence-electron chi connectivity index (χ0n) is 10.7. The molecule has 0 radical (unpaired) electrons. The highest BCUT2D eigenvalue weighted by Crippen LogP contribution is 2.17. The lowest BCUT2D eigenvalue weighted by atomic mass is 10.3. The summed E-state index contributed by atoms with van der Waals surface area (Å²) in [6.07, 6.45) is 4.19. The van der Waals surface area contributed by atoms with Crippen molar-refractivity contribution in [2.24, 2.45) is 7.05 Å². The number of anilines is 2. The van der Waals surface area contributed by atoms with Crippen molar-refractivity contribution < 1.29 is 4.79 Å². The van der Waals surface area contributed by atoms with E-state index in [1.165, 1.54) is 0 Å². The molecule has 0 aliphatic heterocycles. The Morgan fingerprint density at radius 1 is 1.42 bits per heavy atom. The normalized spacial score (nSPS) is 10.4. The highest BCUT2D eigenvalue weighted by Gasteiger charge is 2.03. The van der Waals surface area contributed by atoms with Gasteiger partial charge >= 0.3 is 0 Å². The van der Waals surface area contributed by atoms with E-state index in [2.05, 4.69) is 10.4 Å². The van der Waals surface area contributed by atoms with Crippen molar-refractivity contribution in [2.75, 3.05) is 16.8 Å². The van der Waals surface area contributed by atoms with E-state index in [-0.39, 0.29) is 5.91 Å². The number of hydrogen-bond acceptors (Lipinski definition) is 4. The number of nitrogens with zero attached hydrogens (tertiary/aromatic N) is 2. The van der Waals surface area contributed by atoms with Crippen LogP contribution < -0.4 is 11.1 Å². The third kappa shape index (κ3) is 4.33. The predicted octanol–water partition coefficient (Wildman–Crippen LogP) is 2.12. The summed E-state index contributed by atoms with van der Waals surface area (Å²) in [7, 11) is 1.87. The Morgan fingerprint density at radius 2 is 2.16 bits per heavy atom. The summed E-state index contributed by atoms with van der Waals surface area (Å²) in [4.78, 5) is 12.8. The Kier molecular flexibility index (Phi) is 4.46. The van der Waals surface area contributed by atoms with Crippen LogP contribution in [0.25, 0.3) is 0 Å². The van der Waals surface area contributed by atoms with Crippen molar-refractivity contribution >= 4 is 29.0 Å². The monoisotopic (exact) mass is 276 g/mol. The first-order valence-corrected chi connectivity index (χ1v) is 6.89. The van der Waals surface area contributed by atoms with Crippen molar-refractivity contribution in [2.45, 2.75) is 11.3 Å². The number of amides is 1. The van der Waals surface area contributed by atoms with Gasteiger partial charge in [0.1, 0.15) is 0 Å². The van der Waals surface area contributed by atoms with Crippen LogP contribution in [0, 0.1) is 0 Å². The zero-order valence-corrected chi connectivity index (χ0v) is 11.5. The fraction of sp³-hybridized carbons (Fsp3) is 0.231. The lowest BCUT2D eigenvalue weighted by Gasteiger charge is -2.04. The van der Waals surface area contributed by atoms with Crippen molar-refractivity contribution in [1.29, 1.82) is 0 Å². The highest BCUT2D eigenvalue weighted by atomic mass is 32.2. The first-order chi connectivity index (χ1) is 9.13. The average molecular weight is 276 g/mol. The first kappa shape index (κ1) is 13.5. The molecule has 2 rings (SSSR count). The highest BCUT2D eigenvalue weighted by molar-refractivity contribution is 7.99. The van der Waals surface area contributed by atoms with E-state index in [9.17, 15) is 4.79 Å². The molecule has 2 aromatic rings. The summed E-state index contributed by atoms with van der Waals surface area (Å²) in [6, 6.07) is 7.11. The van der Waals surface area contributed by atoms with Gasteiger partial charge in [0.2, 0.25) is 5.91 Å². The third-order valence-electron chi connectivity index (χ3n) is 2.47. The molecule has 1 aromatic heterocycles. The number of carbonyl (C=O) groups is 1. The number of nitrogens with one attached hydrogen (secondary N) is 1. The number of hydrogen-bond donors (Lipinski definition) is 2. The maximum atomic E-state index is 11.7. The molecule has 0 spiro atoms. The molecule has 0 aliphatic rings. The van der Waals surface area contributed by atoms with Gasteiger partial charge in [-0.05, 0) is 24.3 Å². The second kappa shape index (κ2) is 6.29. The molecule has 100 valence electrons. The van der Waals surface area contributed by atoms with Crippen molar-refractivity contribution in [3.63, 3.8) is 0 Å². The second-order valence-corrected chi connectivity index (χ2v) is 5.29. The van der Waals surface area contributed by atoms with Crippen LogP contribution in [-0.4, -0.2) is 21.4 Å². The summed E-state index contributed by atoms with van der Waals surface area (Å²) in [5.74, 6) is 0.730. The van der Waals surface area contributed by atoms with Gasteiger partial charge in [0.05, 0.1) is 6.20 Å². The average Bonchev–Trinajstić information content (AvgIpc) is 2.78. The van der Waals surface area contributed by atoms with Gasteiger partial charge in [0.15, 0.2) is 0 Å². The van der Waals surface area contributed by atoms with Gasteiger partial charge in [-0.15, -0.1) is 11.8 Å². The number of thioether (sulfide) groups is 1. The molecule has 0 saturated carbocycles. The minimum Gasteiger partial charge on any atom is -0.399 e. The predicted molar refractivity (Wildman–Crippen MR) is 78.0 cm³/mol. The molecule has 0 bridgehead atoms. The molecule has 0 atom stereocenters. The molecule has 0 fully saturated rings. The second-order valence-electron chi connectivity index (χ2n) is 4.12. The molecule has 3 N–H and O–H groups in total. The minimum atomic E-state index is 0.00108. The van der Waals surface area contributed by atoms with E-state index >= 15 is 0 Å². The molecule has 6 heteroatoms. The maximum absolute atomic E-state index is 11.7. The van der Waals surface area contributed by atoms with Crippen LogP contribution in [0.4, 0.5) is 11.4 Å². The Labute approximate surface area is 116 Å². The SMILES string of the molecule is Cn1cc(SCCC(=O)Nc2ccc(N)cc2)cn1. The number of aryl methyl sites for hydroxylation is 1. The van der Waals surface area contributed by atoms with Gasteiger partial charge in [-0.1, -0.05) is 0 Å². The van der Waals surface area contributed by atoms with Gasteiger partial charge in [-0.25, -0.2) is 0 Å². The Morgan fingerprint density at radius 3 is 2.79 bits per heavy atom. The Balaban J connectivity index is 1.74. The van der Waals surface area contributed by atoms with Crippen LogP contribution in [0.2, 0.25) is 0 Å². The fourth-order valence-electron chi connectivity index (χ4n) is 1.52. The number of nitrogens with two attached hydrogens (primary N) is 1. The molecule has 0 saturated heterocycles. The van der Waals surface area contributed by atoms with Gasteiger partial charge in [-0.2, -0.15) is 5.10 Å². The molecule has 1 aromatic carbocycles. The number of nitrogen functional groups attached to an aromatic ring is 1. The van der Waals surface area contributed by atoms with E-state index in [0.29, 0.717) is 12.1 Å². The van der Waals surface area contributed by atoms with Crippen LogP contribution in [0.15, 0.2) is 41.6 Å². The van der Waals surface area contributed by atoms with Crippen LogP contribution in [0.3, 0.4) is 0 Å². The largest absolute Gasteiger partial charge is 0.399 e. The molecule has 1 amide bonds. The maximum Gasteiger partial charge on any atom is 0.225 e.